The van der Waals surface area contributed by atoms with Gasteiger partial charge in [0.25, 0.3) is 5.91 Å². The summed E-state index contributed by atoms with van der Waals surface area (Å²) >= 11 is 5.86. The van der Waals surface area contributed by atoms with Crippen molar-refractivity contribution in [2.45, 2.75) is 19.4 Å². The van der Waals surface area contributed by atoms with Crippen LogP contribution in [0.25, 0.3) is 11.0 Å². The normalized spacial score (nSPS) is 12.2. The molecule has 0 aliphatic carbocycles. The van der Waals surface area contributed by atoms with E-state index < -0.39 is 6.10 Å². The average Bonchev–Trinajstić information content (AvgIpc) is 2.85. The van der Waals surface area contributed by atoms with Gasteiger partial charge in [0.15, 0.2) is 6.10 Å². The van der Waals surface area contributed by atoms with Crippen molar-refractivity contribution in [1.29, 1.82) is 0 Å². The van der Waals surface area contributed by atoms with Crippen molar-refractivity contribution < 1.29 is 9.53 Å². The van der Waals surface area contributed by atoms with Crippen molar-refractivity contribution in [2.75, 3.05) is 5.32 Å². The number of anilines is 1. The van der Waals surface area contributed by atoms with Crippen molar-refractivity contribution in [3.05, 3.63) is 58.0 Å². The van der Waals surface area contributed by atoms with Gasteiger partial charge in [-0.1, -0.05) is 18.5 Å². The molecule has 1 N–H and O–H groups in total. The van der Waals surface area contributed by atoms with Gasteiger partial charge in [0, 0.05) is 24.8 Å². The quantitative estimate of drug-likeness (QED) is 0.746. The Hall–Kier alpha value is -2.73. The molecule has 0 unspecified atom stereocenters. The van der Waals surface area contributed by atoms with E-state index in [-0.39, 0.29) is 11.6 Å². The molecule has 0 bridgehead atoms. The van der Waals surface area contributed by atoms with E-state index in [4.69, 9.17) is 16.3 Å². The Morgan fingerprint density at radius 2 is 1.77 bits per heavy atom. The van der Waals surface area contributed by atoms with Gasteiger partial charge in [-0.15, -0.1) is 0 Å². The summed E-state index contributed by atoms with van der Waals surface area (Å²) in [5.74, 6) is 0.333. The lowest BCUT2D eigenvalue weighted by atomic mass is 10.2. The molecule has 7 heteroatoms. The van der Waals surface area contributed by atoms with Crippen molar-refractivity contribution in [2.24, 2.45) is 14.1 Å². The highest BCUT2D eigenvalue weighted by Crippen LogP contribution is 2.20. The molecule has 0 saturated heterocycles. The Labute approximate surface area is 155 Å². The summed E-state index contributed by atoms with van der Waals surface area (Å²) in [5, 5.41) is 3.47. The lowest BCUT2D eigenvalue weighted by molar-refractivity contribution is -0.122. The molecule has 136 valence electrons. The van der Waals surface area contributed by atoms with E-state index in [9.17, 15) is 9.59 Å². The fourth-order valence-corrected chi connectivity index (χ4v) is 2.93. The Balaban J connectivity index is 1.79. The maximum atomic E-state index is 12.6. The predicted octanol–water partition coefficient (Wildman–Crippen LogP) is 3.33. The van der Waals surface area contributed by atoms with Crippen LogP contribution in [0.2, 0.25) is 5.02 Å². The van der Waals surface area contributed by atoms with E-state index in [1.165, 1.54) is 0 Å². The monoisotopic (exact) mass is 373 g/mol. The summed E-state index contributed by atoms with van der Waals surface area (Å²) in [7, 11) is 3.42. The fourth-order valence-electron chi connectivity index (χ4n) is 2.81. The number of nitrogens with zero attached hydrogens (tertiary/aromatic N) is 2. The van der Waals surface area contributed by atoms with Crippen LogP contribution in [-0.4, -0.2) is 21.1 Å². The standard InChI is InChI=1S/C19H20ClN3O3/c1-4-17(26-14-8-5-12(20)6-9-14)18(24)21-13-7-10-15-16(11-13)23(3)19(25)22(15)2/h5-11,17H,4H2,1-3H3,(H,21,24)/t17-/m1/s1. The first-order valence-corrected chi connectivity index (χ1v) is 8.67. The van der Waals surface area contributed by atoms with Crippen LogP contribution in [0.3, 0.4) is 0 Å². The lowest BCUT2D eigenvalue weighted by Gasteiger charge is -2.17. The number of carbonyl (C=O) groups is 1. The number of nitrogens with one attached hydrogen (secondary N) is 1. The van der Waals surface area contributed by atoms with Crippen LogP contribution < -0.4 is 15.7 Å². The first kappa shape index (κ1) is 18.1. The number of halogens is 1. The van der Waals surface area contributed by atoms with Gasteiger partial charge in [-0.05, 0) is 48.9 Å². The van der Waals surface area contributed by atoms with E-state index in [1.54, 1.807) is 59.6 Å². The number of hydrogen-bond acceptors (Lipinski definition) is 3. The van der Waals surface area contributed by atoms with E-state index in [0.29, 0.717) is 22.9 Å². The summed E-state index contributed by atoms with van der Waals surface area (Å²) in [4.78, 5) is 24.6. The fraction of sp³-hybridized carbons (Fsp3) is 0.263. The van der Waals surface area contributed by atoms with Crippen molar-refractivity contribution in [3.63, 3.8) is 0 Å². The van der Waals surface area contributed by atoms with Gasteiger partial charge in [-0.3, -0.25) is 13.9 Å². The number of amides is 1. The van der Waals surface area contributed by atoms with Crippen LogP contribution >= 0.6 is 11.6 Å². The summed E-state index contributed by atoms with van der Waals surface area (Å²) in [6, 6.07) is 12.2. The minimum Gasteiger partial charge on any atom is -0.481 e. The molecule has 0 spiro atoms. The van der Waals surface area contributed by atoms with Gasteiger partial charge >= 0.3 is 5.69 Å². The zero-order chi connectivity index (χ0) is 18.8. The van der Waals surface area contributed by atoms with Crippen LogP contribution in [0.4, 0.5) is 5.69 Å². The predicted molar refractivity (Wildman–Crippen MR) is 103 cm³/mol. The molecule has 3 rings (SSSR count). The van der Waals surface area contributed by atoms with Gasteiger partial charge in [0.2, 0.25) is 0 Å². The SMILES string of the molecule is CC[C@@H](Oc1ccc(Cl)cc1)C(=O)Nc1ccc2c(c1)n(C)c(=O)n2C. The number of hydrogen-bond donors (Lipinski definition) is 1. The van der Waals surface area contributed by atoms with Crippen molar-refractivity contribution in [1.82, 2.24) is 9.13 Å². The number of rotatable bonds is 5. The molecule has 3 aromatic rings. The maximum absolute atomic E-state index is 12.6. The smallest absolute Gasteiger partial charge is 0.328 e. The molecule has 1 aromatic heterocycles. The van der Waals surface area contributed by atoms with Crippen LogP contribution in [0.1, 0.15) is 13.3 Å². The Morgan fingerprint density at radius 3 is 2.42 bits per heavy atom. The molecule has 0 aliphatic heterocycles. The van der Waals surface area contributed by atoms with Gasteiger partial charge in [-0.25, -0.2) is 4.79 Å². The first-order chi connectivity index (χ1) is 12.4. The van der Waals surface area contributed by atoms with Gasteiger partial charge in [0.05, 0.1) is 11.0 Å². The maximum Gasteiger partial charge on any atom is 0.328 e. The highest BCUT2D eigenvalue weighted by molar-refractivity contribution is 6.30. The van der Waals surface area contributed by atoms with Crippen LogP contribution in [0.15, 0.2) is 47.3 Å². The van der Waals surface area contributed by atoms with Gasteiger partial charge in [0.1, 0.15) is 5.75 Å². The van der Waals surface area contributed by atoms with E-state index in [2.05, 4.69) is 5.32 Å². The summed E-state index contributed by atoms with van der Waals surface area (Å²) in [6.45, 7) is 1.88. The Kier molecular flexibility index (Phi) is 5.04. The molecule has 1 atom stereocenters. The van der Waals surface area contributed by atoms with E-state index in [1.807, 2.05) is 13.0 Å². The average molecular weight is 374 g/mol. The van der Waals surface area contributed by atoms with Crippen molar-refractivity contribution >= 4 is 34.2 Å². The minimum atomic E-state index is -0.633. The zero-order valence-electron chi connectivity index (χ0n) is 14.8. The third kappa shape index (κ3) is 3.46. The number of fused-ring (bicyclic) bond motifs is 1. The van der Waals surface area contributed by atoms with Crippen LogP contribution in [-0.2, 0) is 18.9 Å². The number of aryl methyl sites for hydroxylation is 2. The molecule has 0 fully saturated rings. The molecular weight excluding hydrogens is 354 g/mol. The molecule has 0 saturated carbocycles. The molecule has 6 nitrogen and oxygen atoms in total. The third-order valence-electron chi connectivity index (χ3n) is 4.29. The molecule has 0 aliphatic rings. The summed E-state index contributed by atoms with van der Waals surface area (Å²) < 4.78 is 8.87. The first-order valence-electron chi connectivity index (χ1n) is 8.29. The topological polar surface area (TPSA) is 65.3 Å². The van der Waals surface area contributed by atoms with Crippen LogP contribution in [0, 0.1) is 0 Å². The summed E-state index contributed by atoms with van der Waals surface area (Å²) in [6.07, 6.45) is -0.118. The third-order valence-corrected chi connectivity index (χ3v) is 4.55. The number of aromatic nitrogens is 2. The largest absolute Gasteiger partial charge is 0.481 e. The summed E-state index contributed by atoms with van der Waals surface area (Å²) in [5.41, 5.74) is 2.06. The molecule has 26 heavy (non-hydrogen) atoms. The van der Waals surface area contributed by atoms with E-state index >= 15 is 0 Å². The number of carbonyl (C=O) groups excluding carboxylic acids is 1. The molecule has 1 amide bonds. The number of benzene rings is 2. The lowest BCUT2D eigenvalue weighted by Crippen LogP contribution is -2.32. The van der Waals surface area contributed by atoms with Crippen LogP contribution in [0.5, 0.6) is 5.75 Å². The number of ether oxygens (including phenoxy) is 1. The highest BCUT2D eigenvalue weighted by Gasteiger charge is 2.19. The highest BCUT2D eigenvalue weighted by atomic mass is 35.5. The van der Waals surface area contributed by atoms with Crippen molar-refractivity contribution in [3.8, 4) is 5.75 Å². The molecular formula is C19H20ClN3O3. The molecule has 0 radical (unpaired) electrons. The van der Waals surface area contributed by atoms with Gasteiger partial charge < -0.3 is 10.1 Å². The Morgan fingerprint density at radius 1 is 1.12 bits per heavy atom. The second-order valence-electron chi connectivity index (χ2n) is 6.06. The Bertz CT molecular complexity index is 1010. The number of imidazole rings is 1. The second kappa shape index (κ2) is 7.25. The minimum absolute atomic E-state index is 0.110. The second-order valence-corrected chi connectivity index (χ2v) is 6.50. The van der Waals surface area contributed by atoms with Gasteiger partial charge in [-0.2, -0.15) is 0 Å². The zero-order valence-corrected chi connectivity index (χ0v) is 15.6. The molecule has 2 aromatic carbocycles. The van der Waals surface area contributed by atoms with E-state index in [0.717, 1.165) is 11.0 Å². The molecule has 1 heterocycles.